The lowest BCUT2D eigenvalue weighted by Gasteiger charge is -2.29. The van der Waals surface area contributed by atoms with Crippen molar-refractivity contribution < 1.29 is 13.9 Å². The minimum absolute atomic E-state index is 0.199. The molecular weight excluding hydrogens is 471 g/mol. The molecule has 0 aliphatic heterocycles. The Morgan fingerprint density at radius 1 is 1.19 bits per heavy atom. The van der Waals surface area contributed by atoms with Crippen molar-refractivity contribution in [2.75, 3.05) is 31.6 Å². The molecule has 0 radical (unpaired) electrons. The molecule has 1 aromatic carbocycles. The molecule has 2 atom stereocenters. The third-order valence-electron chi connectivity index (χ3n) is 7.32. The summed E-state index contributed by atoms with van der Waals surface area (Å²) >= 11 is 0. The first kappa shape index (κ1) is 26.6. The van der Waals surface area contributed by atoms with Gasteiger partial charge in [-0.15, -0.1) is 0 Å². The number of hydrogen-bond acceptors (Lipinski definition) is 6. The van der Waals surface area contributed by atoms with Crippen LogP contribution in [0.5, 0.6) is 5.88 Å². The zero-order valence-electron chi connectivity index (χ0n) is 22.0. The highest BCUT2D eigenvalue weighted by Crippen LogP contribution is 2.39. The molecule has 2 heterocycles. The number of benzene rings is 1. The number of ether oxygens (including phenoxy) is 1. The van der Waals surface area contributed by atoms with Crippen LogP contribution >= 0.6 is 0 Å². The van der Waals surface area contributed by atoms with Gasteiger partial charge >= 0.3 is 0 Å². The minimum Gasteiger partial charge on any atom is -0.481 e. The molecule has 1 aliphatic rings. The summed E-state index contributed by atoms with van der Waals surface area (Å²) in [5.41, 5.74) is 3.72. The maximum atomic E-state index is 13.9. The number of amides is 1. The first-order valence-corrected chi connectivity index (χ1v) is 13.1. The maximum Gasteiger partial charge on any atom is 0.218 e. The highest BCUT2D eigenvalue weighted by atomic mass is 19.1. The summed E-state index contributed by atoms with van der Waals surface area (Å²) in [4.78, 5) is 21.4. The zero-order valence-corrected chi connectivity index (χ0v) is 22.0. The van der Waals surface area contributed by atoms with Gasteiger partial charge in [0, 0.05) is 49.4 Å². The summed E-state index contributed by atoms with van der Waals surface area (Å²) in [5, 5.41) is 7.74. The van der Waals surface area contributed by atoms with Gasteiger partial charge in [-0.2, -0.15) is 5.10 Å². The zero-order chi connectivity index (χ0) is 26.2. The minimum atomic E-state index is -0.199. The Hall–Kier alpha value is -3.49. The van der Waals surface area contributed by atoms with Gasteiger partial charge in [0.25, 0.3) is 0 Å². The number of methoxy groups -OCH3 is 1. The van der Waals surface area contributed by atoms with Gasteiger partial charge < -0.3 is 15.0 Å². The maximum absolute atomic E-state index is 13.9. The van der Waals surface area contributed by atoms with Crippen molar-refractivity contribution in [3.05, 3.63) is 53.7 Å². The molecule has 37 heavy (non-hydrogen) atoms. The molecule has 1 N–H and O–H groups in total. The first-order valence-electron chi connectivity index (χ1n) is 13.1. The average molecular weight is 509 g/mol. The molecule has 9 heteroatoms. The molecule has 1 fully saturated rings. The van der Waals surface area contributed by atoms with Crippen LogP contribution in [0.4, 0.5) is 10.2 Å². The Balaban J connectivity index is 1.55. The largest absolute Gasteiger partial charge is 0.481 e. The van der Waals surface area contributed by atoms with Crippen molar-refractivity contribution in [1.82, 2.24) is 25.1 Å². The predicted octanol–water partition coefficient (Wildman–Crippen LogP) is 4.73. The Kier molecular flexibility index (Phi) is 9.09. The second-order valence-corrected chi connectivity index (χ2v) is 9.84. The number of halogens is 1. The second kappa shape index (κ2) is 12.7. The standard InChI is InChI=1S/C28H37FN6O2/c1-20-7-4-5-8-23(20)26-16-25(22-9-10-24(29)21(2)15-22)33-35(26)13-6-12-34(14-11-30-19-36)27-17-28(37-3)32-18-31-27/h9-10,15-20,23H,4-8,11-14H2,1-3H3,(H,30,36). The smallest absolute Gasteiger partial charge is 0.218 e. The van der Waals surface area contributed by atoms with E-state index in [2.05, 4.69) is 37.9 Å². The van der Waals surface area contributed by atoms with Gasteiger partial charge in [0.1, 0.15) is 18.0 Å². The molecule has 2 aromatic heterocycles. The van der Waals surface area contributed by atoms with Gasteiger partial charge in [0.2, 0.25) is 12.3 Å². The van der Waals surface area contributed by atoms with Crippen LogP contribution in [0.25, 0.3) is 11.3 Å². The van der Waals surface area contributed by atoms with Crippen molar-refractivity contribution in [3.8, 4) is 17.1 Å². The van der Waals surface area contributed by atoms with Crippen molar-refractivity contribution in [3.63, 3.8) is 0 Å². The van der Waals surface area contributed by atoms with E-state index in [1.165, 1.54) is 43.8 Å². The van der Waals surface area contributed by atoms with E-state index >= 15 is 0 Å². The van der Waals surface area contributed by atoms with Crippen LogP contribution in [-0.4, -0.2) is 52.9 Å². The molecule has 198 valence electrons. The van der Waals surface area contributed by atoms with E-state index in [0.29, 0.717) is 42.8 Å². The summed E-state index contributed by atoms with van der Waals surface area (Å²) in [5.74, 6) is 2.12. The quantitative estimate of drug-likeness (QED) is 0.281. The number of carbonyl (C=O) groups is 1. The van der Waals surface area contributed by atoms with Crippen LogP contribution in [-0.2, 0) is 11.3 Å². The second-order valence-electron chi connectivity index (χ2n) is 9.84. The van der Waals surface area contributed by atoms with Crippen molar-refractivity contribution >= 4 is 12.2 Å². The monoisotopic (exact) mass is 508 g/mol. The molecular formula is C28H37FN6O2. The van der Waals surface area contributed by atoms with Crippen LogP contribution < -0.4 is 15.0 Å². The Bertz CT molecular complexity index is 1180. The fourth-order valence-electron chi connectivity index (χ4n) is 5.23. The van der Waals surface area contributed by atoms with E-state index < -0.39 is 0 Å². The fourth-order valence-corrected chi connectivity index (χ4v) is 5.23. The number of anilines is 1. The number of nitrogens with one attached hydrogen (secondary N) is 1. The number of nitrogens with zero attached hydrogens (tertiary/aromatic N) is 5. The molecule has 3 aromatic rings. The van der Waals surface area contributed by atoms with Crippen LogP contribution in [0.1, 0.15) is 56.2 Å². The number of rotatable bonds is 12. The number of aromatic nitrogens is 4. The molecule has 0 bridgehead atoms. The summed E-state index contributed by atoms with van der Waals surface area (Å²) in [6.07, 6.45) is 7.94. The van der Waals surface area contributed by atoms with Crippen LogP contribution in [0.2, 0.25) is 0 Å². The lowest BCUT2D eigenvalue weighted by atomic mass is 9.78. The van der Waals surface area contributed by atoms with Crippen LogP contribution in [0, 0.1) is 18.7 Å². The van der Waals surface area contributed by atoms with Gasteiger partial charge in [0.15, 0.2) is 0 Å². The van der Waals surface area contributed by atoms with E-state index in [-0.39, 0.29) is 5.82 Å². The topological polar surface area (TPSA) is 85.2 Å². The van der Waals surface area contributed by atoms with Gasteiger partial charge in [-0.3, -0.25) is 9.48 Å². The van der Waals surface area contributed by atoms with E-state index in [4.69, 9.17) is 9.84 Å². The third kappa shape index (κ3) is 6.64. The highest BCUT2D eigenvalue weighted by molar-refractivity contribution is 5.60. The Morgan fingerprint density at radius 3 is 2.78 bits per heavy atom. The molecule has 2 unspecified atom stereocenters. The van der Waals surface area contributed by atoms with Crippen molar-refractivity contribution in [1.29, 1.82) is 0 Å². The average Bonchev–Trinajstić information content (AvgIpc) is 3.33. The molecule has 4 rings (SSSR count). The third-order valence-corrected chi connectivity index (χ3v) is 7.32. The van der Waals surface area contributed by atoms with E-state index in [1.807, 2.05) is 12.1 Å². The van der Waals surface area contributed by atoms with Crippen molar-refractivity contribution in [2.45, 2.75) is 58.4 Å². The summed E-state index contributed by atoms with van der Waals surface area (Å²) in [7, 11) is 1.58. The Morgan fingerprint density at radius 2 is 2.03 bits per heavy atom. The van der Waals surface area contributed by atoms with Gasteiger partial charge in [-0.05, 0) is 55.5 Å². The lowest BCUT2D eigenvalue weighted by molar-refractivity contribution is -0.109. The predicted molar refractivity (Wildman–Crippen MR) is 142 cm³/mol. The van der Waals surface area contributed by atoms with E-state index in [1.54, 1.807) is 20.1 Å². The number of aryl methyl sites for hydroxylation is 2. The van der Waals surface area contributed by atoms with Crippen molar-refractivity contribution in [2.24, 2.45) is 5.92 Å². The highest BCUT2D eigenvalue weighted by Gasteiger charge is 2.27. The number of carbonyl (C=O) groups excluding carboxylic acids is 1. The molecule has 1 amide bonds. The normalized spacial score (nSPS) is 17.4. The lowest BCUT2D eigenvalue weighted by Crippen LogP contribution is -2.33. The van der Waals surface area contributed by atoms with E-state index in [0.717, 1.165) is 36.6 Å². The summed E-state index contributed by atoms with van der Waals surface area (Å²) in [6, 6.07) is 9.22. The van der Waals surface area contributed by atoms with Crippen LogP contribution in [0.15, 0.2) is 36.7 Å². The van der Waals surface area contributed by atoms with E-state index in [9.17, 15) is 9.18 Å². The summed E-state index contributed by atoms with van der Waals surface area (Å²) < 4.78 is 21.3. The van der Waals surface area contributed by atoms with Gasteiger partial charge in [0.05, 0.1) is 12.8 Å². The first-order chi connectivity index (χ1) is 18.0. The summed E-state index contributed by atoms with van der Waals surface area (Å²) in [6.45, 7) is 6.73. The van der Waals surface area contributed by atoms with Gasteiger partial charge in [-0.25, -0.2) is 14.4 Å². The molecule has 8 nitrogen and oxygen atoms in total. The SMILES string of the molecule is COc1cc(N(CCCn2nc(-c3ccc(F)c(C)c3)cc2C2CCCCC2C)CCNC=O)ncn1. The van der Waals surface area contributed by atoms with Crippen LogP contribution in [0.3, 0.4) is 0 Å². The molecule has 1 aliphatic carbocycles. The number of hydrogen-bond donors (Lipinski definition) is 1. The Labute approximate surface area is 218 Å². The molecule has 1 saturated carbocycles. The van der Waals surface area contributed by atoms with Gasteiger partial charge in [-0.1, -0.05) is 26.2 Å². The molecule has 0 saturated heterocycles. The fraction of sp³-hybridized carbons (Fsp3) is 0.500. The molecule has 0 spiro atoms.